The summed E-state index contributed by atoms with van der Waals surface area (Å²) in [5.74, 6) is -1.78. The molecule has 0 aliphatic carbocycles. The molecule has 24 heavy (non-hydrogen) atoms. The van der Waals surface area contributed by atoms with Crippen LogP contribution in [0, 0.1) is 10.1 Å². The van der Waals surface area contributed by atoms with E-state index in [0.717, 1.165) is 0 Å². The van der Waals surface area contributed by atoms with E-state index in [0.29, 0.717) is 22.1 Å². The lowest BCUT2D eigenvalue weighted by atomic mass is 9.81. The number of rotatable bonds is 4. The third-order valence-electron chi connectivity index (χ3n) is 4.28. The summed E-state index contributed by atoms with van der Waals surface area (Å²) in [7, 11) is 0. The number of benzene rings is 1. The van der Waals surface area contributed by atoms with Crippen molar-refractivity contribution in [3.05, 3.63) is 49.8 Å². The number of hydrogen-bond acceptors (Lipinski definition) is 6. The Morgan fingerprint density at radius 3 is 2.88 bits per heavy atom. The summed E-state index contributed by atoms with van der Waals surface area (Å²) in [6.07, 6.45) is 0.305. The molecule has 2 aromatic rings. The zero-order valence-corrected chi connectivity index (χ0v) is 14.5. The van der Waals surface area contributed by atoms with E-state index in [2.05, 4.69) is 26.4 Å². The molecule has 2 atom stereocenters. The van der Waals surface area contributed by atoms with Gasteiger partial charge in [-0.15, -0.1) is 0 Å². The molecular weight excluding hydrogens is 382 g/mol. The van der Waals surface area contributed by atoms with E-state index in [9.17, 15) is 20.0 Å². The number of aryl methyl sites for hydroxylation is 1. The molecule has 0 radical (unpaired) electrons. The third-order valence-corrected chi connectivity index (χ3v) is 4.78. The largest absolute Gasteiger partial charge is 0.375 e. The highest BCUT2D eigenvalue weighted by Gasteiger charge is 2.53. The van der Waals surface area contributed by atoms with Gasteiger partial charge in [-0.2, -0.15) is 0 Å². The fraction of sp³-hybridized carbons (Fsp3) is 0.333. The maximum Gasteiger partial charge on any atom is 0.335 e. The monoisotopic (exact) mass is 395 g/mol. The van der Waals surface area contributed by atoms with Crippen molar-refractivity contribution in [2.45, 2.75) is 31.8 Å². The second-order valence-electron chi connectivity index (χ2n) is 5.58. The van der Waals surface area contributed by atoms with Crippen LogP contribution in [0.4, 0.5) is 11.4 Å². The van der Waals surface area contributed by atoms with E-state index in [4.69, 9.17) is 4.52 Å². The van der Waals surface area contributed by atoms with Crippen LogP contribution < -0.4 is 5.32 Å². The number of nitro groups is 1. The van der Waals surface area contributed by atoms with Crippen LogP contribution >= 0.6 is 15.9 Å². The van der Waals surface area contributed by atoms with Crippen LogP contribution in [0.15, 0.2) is 27.2 Å². The van der Waals surface area contributed by atoms with Gasteiger partial charge >= 0.3 is 5.69 Å². The lowest BCUT2D eigenvalue weighted by Gasteiger charge is -2.26. The first kappa shape index (κ1) is 16.6. The molecule has 1 aromatic heterocycles. The molecule has 2 N–H and O–H groups in total. The van der Waals surface area contributed by atoms with Crippen molar-refractivity contribution in [1.29, 1.82) is 0 Å². The Kier molecular flexibility index (Phi) is 3.92. The molecule has 2 unspecified atom stereocenters. The number of amides is 1. The molecule has 3 rings (SSSR count). The van der Waals surface area contributed by atoms with Crippen molar-refractivity contribution < 1.29 is 19.3 Å². The quantitative estimate of drug-likeness (QED) is 0.606. The highest BCUT2D eigenvalue weighted by molar-refractivity contribution is 9.10. The van der Waals surface area contributed by atoms with Gasteiger partial charge in [0.1, 0.15) is 0 Å². The van der Waals surface area contributed by atoms with Gasteiger partial charge in [0, 0.05) is 15.7 Å². The molecule has 0 fully saturated rings. The second kappa shape index (κ2) is 5.67. The number of carbonyl (C=O) groups is 1. The van der Waals surface area contributed by atoms with E-state index >= 15 is 0 Å². The first-order valence-electron chi connectivity index (χ1n) is 7.27. The van der Waals surface area contributed by atoms with Gasteiger partial charge in [0.2, 0.25) is 5.76 Å². The predicted molar refractivity (Wildman–Crippen MR) is 87.6 cm³/mol. The Balaban J connectivity index is 2.16. The van der Waals surface area contributed by atoms with Gasteiger partial charge < -0.3 is 14.9 Å². The molecule has 8 nitrogen and oxygen atoms in total. The minimum absolute atomic E-state index is 0.123. The number of aromatic nitrogens is 1. The number of anilines is 1. The lowest BCUT2D eigenvalue weighted by molar-refractivity contribution is -0.387. The summed E-state index contributed by atoms with van der Waals surface area (Å²) < 4.78 is 5.81. The average Bonchev–Trinajstić information content (AvgIpc) is 3.08. The second-order valence-corrected chi connectivity index (χ2v) is 6.50. The SMILES string of the molecule is CCc1noc(C(C)C2(O)C(=O)Nc3ccc(Br)cc32)c1[N+](=O)[O-]. The standard InChI is InChI=1S/C15H14BrN3O5/c1-3-10-12(19(22)23)13(24-18-10)7(2)15(21)9-6-8(16)4-5-11(9)17-14(15)20/h4-7,21H,3H2,1-2H3,(H,17,20). The van der Waals surface area contributed by atoms with Gasteiger partial charge in [0.05, 0.1) is 10.8 Å². The molecule has 126 valence electrons. The number of nitrogens with zero attached hydrogens (tertiary/aromatic N) is 2. The normalized spacial score (nSPS) is 20.6. The molecule has 1 aromatic carbocycles. The minimum atomic E-state index is -1.99. The minimum Gasteiger partial charge on any atom is -0.375 e. The summed E-state index contributed by atoms with van der Waals surface area (Å²) >= 11 is 3.30. The first-order chi connectivity index (χ1) is 11.3. The predicted octanol–water partition coefficient (Wildman–Crippen LogP) is 2.85. The van der Waals surface area contributed by atoms with Crippen LogP contribution in [0.2, 0.25) is 0 Å². The molecule has 0 saturated carbocycles. The smallest absolute Gasteiger partial charge is 0.335 e. The van der Waals surface area contributed by atoms with Crippen molar-refractivity contribution in [2.75, 3.05) is 5.32 Å². The Hall–Kier alpha value is -2.26. The van der Waals surface area contributed by atoms with E-state index < -0.39 is 22.3 Å². The van der Waals surface area contributed by atoms with Crippen LogP contribution in [0.5, 0.6) is 0 Å². The number of carbonyl (C=O) groups excluding carboxylic acids is 1. The Bertz CT molecular complexity index is 850. The summed E-state index contributed by atoms with van der Waals surface area (Å²) in [6.45, 7) is 3.21. The van der Waals surface area contributed by atoms with Gasteiger partial charge in [-0.3, -0.25) is 14.9 Å². The number of aliphatic hydroxyl groups is 1. The van der Waals surface area contributed by atoms with Crippen molar-refractivity contribution >= 4 is 33.2 Å². The summed E-state index contributed by atoms with van der Waals surface area (Å²) in [6, 6.07) is 4.97. The molecule has 0 saturated heterocycles. The van der Waals surface area contributed by atoms with Crippen molar-refractivity contribution in [1.82, 2.24) is 5.16 Å². The fourth-order valence-electron chi connectivity index (χ4n) is 2.94. The van der Waals surface area contributed by atoms with Crippen LogP contribution in [-0.2, 0) is 16.8 Å². The molecule has 0 spiro atoms. The number of fused-ring (bicyclic) bond motifs is 1. The van der Waals surface area contributed by atoms with E-state index in [-0.39, 0.29) is 17.1 Å². The van der Waals surface area contributed by atoms with Crippen LogP contribution in [0.25, 0.3) is 0 Å². The van der Waals surface area contributed by atoms with Crippen LogP contribution in [-0.4, -0.2) is 21.1 Å². The van der Waals surface area contributed by atoms with Crippen LogP contribution in [0.1, 0.15) is 36.8 Å². The molecule has 1 aliphatic rings. The van der Waals surface area contributed by atoms with Gasteiger partial charge in [0.25, 0.3) is 5.91 Å². The maximum atomic E-state index is 12.4. The van der Waals surface area contributed by atoms with E-state index in [1.54, 1.807) is 25.1 Å². The van der Waals surface area contributed by atoms with E-state index in [1.807, 2.05) is 0 Å². The van der Waals surface area contributed by atoms with Gasteiger partial charge in [-0.1, -0.05) is 34.9 Å². The zero-order valence-electron chi connectivity index (χ0n) is 12.9. The highest BCUT2D eigenvalue weighted by atomic mass is 79.9. The topological polar surface area (TPSA) is 118 Å². The Morgan fingerprint density at radius 1 is 1.54 bits per heavy atom. The Labute approximate surface area is 145 Å². The lowest BCUT2D eigenvalue weighted by Crippen LogP contribution is -2.39. The molecule has 0 bridgehead atoms. The summed E-state index contributed by atoms with van der Waals surface area (Å²) in [5.41, 5.74) is -1.32. The molecule has 9 heteroatoms. The fourth-order valence-corrected chi connectivity index (χ4v) is 3.31. The van der Waals surface area contributed by atoms with E-state index in [1.165, 1.54) is 6.92 Å². The van der Waals surface area contributed by atoms with Gasteiger partial charge in [-0.25, -0.2) is 0 Å². The maximum absolute atomic E-state index is 12.4. The molecule has 2 heterocycles. The third kappa shape index (κ3) is 2.23. The van der Waals surface area contributed by atoms with Crippen LogP contribution in [0.3, 0.4) is 0 Å². The summed E-state index contributed by atoms with van der Waals surface area (Å²) in [4.78, 5) is 23.2. The molecule has 1 amide bonds. The Morgan fingerprint density at radius 2 is 2.25 bits per heavy atom. The average molecular weight is 396 g/mol. The zero-order chi connectivity index (χ0) is 17.6. The number of nitrogens with one attached hydrogen (secondary N) is 1. The van der Waals surface area contributed by atoms with Crippen molar-refractivity contribution in [2.24, 2.45) is 0 Å². The molecule has 1 aliphatic heterocycles. The van der Waals surface area contributed by atoms with Gasteiger partial charge in [0.15, 0.2) is 11.3 Å². The van der Waals surface area contributed by atoms with Gasteiger partial charge in [-0.05, 0) is 24.6 Å². The number of halogens is 1. The highest BCUT2D eigenvalue weighted by Crippen LogP contribution is 2.48. The van der Waals surface area contributed by atoms with Crippen molar-refractivity contribution in [3.63, 3.8) is 0 Å². The molecular formula is C15H14BrN3O5. The first-order valence-corrected chi connectivity index (χ1v) is 8.06. The van der Waals surface area contributed by atoms with Crippen molar-refractivity contribution in [3.8, 4) is 0 Å². The number of hydrogen-bond donors (Lipinski definition) is 2. The summed E-state index contributed by atoms with van der Waals surface area (Å²) in [5, 5.41) is 28.8.